The Morgan fingerprint density at radius 2 is 2.25 bits per heavy atom. The first-order valence-corrected chi connectivity index (χ1v) is 5.46. The highest BCUT2D eigenvalue weighted by atomic mass is 16.6. The Labute approximate surface area is 94.8 Å². The number of hydrogen-bond donors (Lipinski definition) is 1. The Balaban J connectivity index is 1.95. The van der Waals surface area contributed by atoms with Gasteiger partial charge < -0.3 is 5.32 Å². The van der Waals surface area contributed by atoms with Gasteiger partial charge in [-0.05, 0) is 17.4 Å². The summed E-state index contributed by atoms with van der Waals surface area (Å²) in [5, 5.41) is 14.0. The SMILES string of the molecule is CC1(C)CC1NCc1cccc([N+](=O)[O-])c1. The predicted octanol–water partition coefficient (Wildman–Crippen LogP) is 2.48. The Bertz CT molecular complexity index is 415. The molecule has 1 aromatic carbocycles. The van der Waals surface area contributed by atoms with E-state index in [0.29, 0.717) is 18.0 Å². The Kier molecular flexibility index (Phi) is 2.68. The highest BCUT2D eigenvalue weighted by Gasteiger charge is 2.44. The van der Waals surface area contributed by atoms with Crippen LogP contribution in [0.5, 0.6) is 0 Å². The second-order valence-electron chi connectivity index (χ2n) is 5.05. The molecule has 1 aliphatic carbocycles. The maximum absolute atomic E-state index is 10.6. The summed E-state index contributed by atoms with van der Waals surface area (Å²) in [5.74, 6) is 0. The number of hydrogen-bond acceptors (Lipinski definition) is 3. The van der Waals surface area contributed by atoms with Gasteiger partial charge in [0.05, 0.1) is 4.92 Å². The third kappa shape index (κ3) is 2.39. The molecule has 1 saturated carbocycles. The molecule has 0 saturated heterocycles. The van der Waals surface area contributed by atoms with Crippen molar-refractivity contribution in [3.8, 4) is 0 Å². The van der Waals surface area contributed by atoms with E-state index in [2.05, 4.69) is 19.2 Å². The minimum atomic E-state index is -0.357. The van der Waals surface area contributed by atoms with Gasteiger partial charge in [-0.1, -0.05) is 26.0 Å². The molecule has 16 heavy (non-hydrogen) atoms. The van der Waals surface area contributed by atoms with Crippen LogP contribution in [-0.2, 0) is 6.54 Å². The first-order chi connectivity index (χ1) is 7.49. The molecule has 0 spiro atoms. The Morgan fingerprint density at radius 1 is 1.56 bits per heavy atom. The van der Waals surface area contributed by atoms with Crippen LogP contribution in [-0.4, -0.2) is 11.0 Å². The second-order valence-corrected chi connectivity index (χ2v) is 5.05. The zero-order chi connectivity index (χ0) is 11.8. The van der Waals surface area contributed by atoms with Crippen LogP contribution in [0.25, 0.3) is 0 Å². The lowest BCUT2D eigenvalue weighted by atomic mass is 10.1. The minimum Gasteiger partial charge on any atom is -0.309 e. The number of non-ortho nitro benzene ring substituents is 1. The molecule has 0 aliphatic heterocycles. The average Bonchev–Trinajstić information content (AvgIpc) is 2.84. The predicted molar refractivity (Wildman–Crippen MR) is 62.1 cm³/mol. The fourth-order valence-corrected chi connectivity index (χ4v) is 1.84. The van der Waals surface area contributed by atoms with Crippen molar-refractivity contribution in [2.24, 2.45) is 5.41 Å². The van der Waals surface area contributed by atoms with Crippen molar-refractivity contribution in [3.63, 3.8) is 0 Å². The van der Waals surface area contributed by atoms with Crippen LogP contribution in [0.2, 0.25) is 0 Å². The van der Waals surface area contributed by atoms with Crippen LogP contribution in [0.3, 0.4) is 0 Å². The zero-order valence-electron chi connectivity index (χ0n) is 9.56. The van der Waals surface area contributed by atoms with E-state index in [1.807, 2.05) is 6.07 Å². The minimum absolute atomic E-state index is 0.161. The summed E-state index contributed by atoms with van der Waals surface area (Å²) < 4.78 is 0. The molecule has 1 unspecified atom stereocenters. The van der Waals surface area contributed by atoms with E-state index in [4.69, 9.17) is 0 Å². The second kappa shape index (κ2) is 3.87. The number of nitro benzene ring substituents is 1. The van der Waals surface area contributed by atoms with Gasteiger partial charge in [0.1, 0.15) is 0 Å². The highest BCUT2D eigenvalue weighted by molar-refractivity contribution is 5.34. The number of nitrogens with zero attached hydrogens (tertiary/aromatic N) is 1. The fourth-order valence-electron chi connectivity index (χ4n) is 1.84. The molecule has 2 rings (SSSR count). The molecular weight excluding hydrogens is 204 g/mol. The van der Waals surface area contributed by atoms with Crippen molar-refractivity contribution >= 4 is 5.69 Å². The van der Waals surface area contributed by atoms with Gasteiger partial charge in [0, 0.05) is 24.7 Å². The van der Waals surface area contributed by atoms with Crippen LogP contribution in [0.1, 0.15) is 25.8 Å². The first kappa shape index (κ1) is 11.1. The monoisotopic (exact) mass is 220 g/mol. The maximum Gasteiger partial charge on any atom is 0.269 e. The largest absolute Gasteiger partial charge is 0.309 e. The molecule has 1 fully saturated rings. The lowest BCUT2D eigenvalue weighted by Crippen LogP contribution is -2.19. The van der Waals surface area contributed by atoms with Crippen molar-refractivity contribution in [3.05, 3.63) is 39.9 Å². The van der Waals surface area contributed by atoms with Crippen molar-refractivity contribution < 1.29 is 4.92 Å². The molecule has 1 atom stereocenters. The lowest BCUT2D eigenvalue weighted by Gasteiger charge is -2.06. The van der Waals surface area contributed by atoms with Gasteiger partial charge in [0.15, 0.2) is 0 Å². The van der Waals surface area contributed by atoms with E-state index in [-0.39, 0.29) is 10.6 Å². The van der Waals surface area contributed by atoms with Gasteiger partial charge in [-0.2, -0.15) is 0 Å². The summed E-state index contributed by atoms with van der Waals surface area (Å²) in [5.41, 5.74) is 1.52. The third-order valence-electron chi connectivity index (χ3n) is 3.19. The number of nitrogens with one attached hydrogen (secondary N) is 1. The Morgan fingerprint density at radius 3 is 2.81 bits per heavy atom. The number of benzene rings is 1. The molecule has 4 heteroatoms. The van der Waals surface area contributed by atoms with Gasteiger partial charge in [-0.25, -0.2) is 0 Å². The standard InChI is InChI=1S/C12H16N2O2/c1-12(2)7-11(12)13-8-9-4-3-5-10(6-9)14(15)16/h3-6,11,13H,7-8H2,1-2H3. The molecule has 0 amide bonds. The third-order valence-corrected chi connectivity index (χ3v) is 3.19. The number of rotatable bonds is 4. The summed E-state index contributed by atoms with van der Waals surface area (Å²) in [4.78, 5) is 10.2. The normalized spacial score (nSPS) is 21.8. The molecule has 0 heterocycles. The van der Waals surface area contributed by atoms with Crippen LogP contribution < -0.4 is 5.32 Å². The quantitative estimate of drug-likeness (QED) is 0.626. The van der Waals surface area contributed by atoms with Crippen molar-refractivity contribution in [1.29, 1.82) is 0 Å². The van der Waals surface area contributed by atoms with Crippen molar-refractivity contribution in [1.82, 2.24) is 5.32 Å². The number of nitro groups is 1. The van der Waals surface area contributed by atoms with Crippen molar-refractivity contribution in [2.75, 3.05) is 0 Å². The summed E-state index contributed by atoms with van der Waals surface area (Å²) in [6.45, 7) is 5.14. The molecule has 86 valence electrons. The van der Waals surface area contributed by atoms with E-state index >= 15 is 0 Å². The van der Waals surface area contributed by atoms with E-state index in [0.717, 1.165) is 5.56 Å². The Hall–Kier alpha value is -1.42. The average molecular weight is 220 g/mol. The summed E-state index contributed by atoms with van der Waals surface area (Å²) in [6.07, 6.45) is 1.18. The summed E-state index contributed by atoms with van der Waals surface area (Å²) in [6, 6.07) is 7.34. The zero-order valence-corrected chi connectivity index (χ0v) is 9.56. The van der Waals surface area contributed by atoms with Crippen LogP contribution in [0.15, 0.2) is 24.3 Å². The maximum atomic E-state index is 10.6. The smallest absolute Gasteiger partial charge is 0.269 e. The van der Waals surface area contributed by atoms with Gasteiger partial charge >= 0.3 is 0 Å². The molecule has 1 aliphatic rings. The molecule has 0 radical (unpaired) electrons. The van der Waals surface area contributed by atoms with E-state index in [1.54, 1.807) is 12.1 Å². The van der Waals surface area contributed by atoms with Crippen LogP contribution >= 0.6 is 0 Å². The van der Waals surface area contributed by atoms with E-state index < -0.39 is 0 Å². The molecule has 0 aromatic heterocycles. The summed E-state index contributed by atoms with van der Waals surface area (Å²) in [7, 11) is 0. The topological polar surface area (TPSA) is 55.2 Å². The van der Waals surface area contributed by atoms with Crippen molar-refractivity contribution in [2.45, 2.75) is 32.9 Å². The summed E-state index contributed by atoms with van der Waals surface area (Å²) >= 11 is 0. The lowest BCUT2D eigenvalue weighted by molar-refractivity contribution is -0.384. The molecule has 4 nitrogen and oxygen atoms in total. The van der Waals surface area contributed by atoms with E-state index in [9.17, 15) is 10.1 Å². The van der Waals surface area contributed by atoms with Crippen LogP contribution in [0, 0.1) is 15.5 Å². The van der Waals surface area contributed by atoms with Crippen LogP contribution in [0.4, 0.5) is 5.69 Å². The molecule has 1 aromatic rings. The fraction of sp³-hybridized carbons (Fsp3) is 0.500. The highest BCUT2D eigenvalue weighted by Crippen LogP contribution is 2.44. The van der Waals surface area contributed by atoms with Gasteiger partial charge in [0.2, 0.25) is 0 Å². The van der Waals surface area contributed by atoms with Gasteiger partial charge in [-0.15, -0.1) is 0 Å². The van der Waals surface area contributed by atoms with Gasteiger partial charge in [0.25, 0.3) is 5.69 Å². The first-order valence-electron chi connectivity index (χ1n) is 5.46. The molecular formula is C12H16N2O2. The van der Waals surface area contributed by atoms with Gasteiger partial charge in [-0.3, -0.25) is 10.1 Å². The molecule has 1 N–H and O–H groups in total. The molecule has 0 bridgehead atoms. The van der Waals surface area contributed by atoms with E-state index in [1.165, 1.54) is 12.5 Å².